The third kappa shape index (κ3) is 3.49. The van der Waals surface area contributed by atoms with E-state index in [1.165, 1.54) is 0 Å². The van der Waals surface area contributed by atoms with E-state index < -0.39 is 0 Å². The third-order valence-electron chi connectivity index (χ3n) is 3.50. The molecule has 15 heavy (non-hydrogen) atoms. The number of rotatable bonds is 7. The molecule has 2 unspecified atom stereocenters. The summed E-state index contributed by atoms with van der Waals surface area (Å²) >= 11 is 0. The van der Waals surface area contributed by atoms with Crippen molar-refractivity contribution in [3.05, 3.63) is 0 Å². The fourth-order valence-corrected chi connectivity index (χ4v) is 1.91. The van der Waals surface area contributed by atoms with E-state index in [-0.39, 0.29) is 11.8 Å². The van der Waals surface area contributed by atoms with E-state index in [0.717, 1.165) is 38.9 Å². The van der Waals surface area contributed by atoms with Crippen molar-refractivity contribution in [1.29, 1.82) is 0 Å². The Hall–Kier alpha value is -0.570. The Balaban J connectivity index is 2.06. The van der Waals surface area contributed by atoms with Gasteiger partial charge in [0.1, 0.15) is 0 Å². The van der Waals surface area contributed by atoms with Crippen LogP contribution < -0.4 is 10.6 Å². The predicted octanol–water partition coefficient (Wildman–Crippen LogP) is 1.54. The molecule has 0 aliphatic heterocycles. The van der Waals surface area contributed by atoms with Gasteiger partial charge >= 0.3 is 0 Å². The van der Waals surface area contributed by atoms with Crippen LogP contribution in [0, 0.1) is 11.3 Å². The van der Waals surface area contributed by atoms with E-state index in [2.05, 4.69) is 31.4 Å². The molecule has 1 rings (SSSR count). The Morgan fingerprint density at radius 3 is 2.60 bits per heavy atom. The van der Waals surface area contributed by atoms with Crippen LogP contribution in [-0.2, 0) is 4.79 Å². The highest BCUT2D eigenvalue weighted by Gasteiger charge is 2.52. The highest BCUT2D eigenvalue weighted by molar-refractivity contribution is 5.82. The van der Waals surface area contributed by atoms with Gasteiger partial charge < -0.3 is 10.6 Å². The molecule has 1 fully saturated rings. The highest BCUT2D eigenvalue weighted by Crippen LogP contribution is 2.54. The molecule has 3 nitrogen and oxygen atoms in total. The molecule has 0 spiro atoms. The monoisotopic (exact) mass is 212 g/mol. The highest BCUT2D eigenvalue weighted by atomic mass is 16.2. The normalized spacial score (nSPS) is 28.9. The fraction of sp³-hybridized carbons (Fsp3) is 0.917. The molecule has 0 heterocycles. The summed E-state index contributed by atoms with van der Waals surface area (Å²) in [6, 6.07) is 0. The van der Waals surface area contributed by atoms with E-state index >= 15 is 0 Å². The van der Waals surface area contributed by atoms with E-state index in [1.807, 2.05) is 0 Å². The molecule has 3 heteroatoms. The molecule has 1 amide bonds. The lowest BCUT2D eigenvalue weighted by atomic mass is 10.0. The standard InChI is InChI=1S/C12H24N2O/c1-4-6-13-7-8-14-11(15)10-9-12(10,3)5-2/h10,13H,4-9H2,1-3H3,(H,14,15). The number of amides is 1. The molecule has 0 radical (unpaired) electrons. The first-order chi connectivity index (χ1) is 7.14. The van der Waals surface area contributed by atoms with E-state index in [4.69, 9.17) is 0 Å². The van der Waals surface area contributed by atoms with Gasteiger partial charge in [0.25, 0.3) is 0 Å². The maximum Gasteiger partial charge on any atom is 0.223 e. The molecule has 0 bridgehead atoms. The molecule has 2 N–H and O–H groups in total. The molecule has 0 aromatic heterocycles. The van der Waals surface area contributed by atoms with Gasteiger partial charge in [0.15, 0.2) is 0 Å². The molecular formula is C12H24N2O. The van der Waals surface area contributed by atoms with Gasteiger partial charge in [-0.3, -0.25) is 4.79 Å². The SMILES string of the molecule is CCCNCCNC(=O)C1CC1(C)CC. The third-order valence-corrected chi connectivity index (χ3v) is 3.50. The summed E-state index contributed by atoms with van der Waals surface area (Å²) in [6.45, 7) is 9.18. The fourth-order valence-electron chi connectivity index (χ4n) is 1.91. The van der Waals surface area contributed by atoms with E-state index in [0.29, 0.717) is 5.41 Å². The van der Waals surface area contributed by atoms with Crippen molar-refractivity contribution in [2.45, 2.75) is 40.0 Å². The van der Waals surface area contributed by atoms with Crippen molar-refractivity contribution >= 4 is 5.91 Å². The molecule has 1 aliphatic rings. The number of hydrogen-bond donors (Lipinski definition) is 2. The minimum absolute atomic E-state index is 0.248. The Kier molecular flexibility index (Phi) is 4.58. The van der Waals surface area contributed by atoms with Crippen molar-refractivity contribution < 1.29 is 4.79 Å². The quantitative estimate of drug-likeness (QED) is 0.629. The summed E-state index contributed by atoms with van der Waals surface area (Å²) < 4.78 is 0. The van der Waals surface area contributed by atoms with Crippen molar-refractivity contribution in [2.75, 3.05) is 19.6 Å². The minimum atomic E-state index is 0.248. The number of hydrogen-bond acceptors (Lipinski definition) is 2. The second-order valence-corrected chi connectivity index (χ2v) is 4.81. The summed E-state index contributed by atoms with van der Waals surface area (Å²) in [5, 5.41) is 6.26. The van der Waals surface area contributed by atoms with Gasteiger partial charge in [0.2, 0.25) is 5.91 Å². The minimum Gasteiger partial charge on any atom is -0.355 e. The lowest BCUT2D eigenvalue weighted by Gasteiger charge is -2.08. The van der Waals surface area contributed by atoms with E-state index in [1.54, 1.807) is 0 Å². The molecule has 0 aromatic rings. The Morgan fingerprint density at radius 1 is 1.33 bits per heavy atom. The first kappa shape index (κ1) is 12.5. The van der Waals surface area contributed by atoms with Crippen molar-refractivity contribution in [2.24, 2.45) is 11.3 Å². The Labute approximate surface area is 93.0 Å². The van der Waals surface area contributed by atoms with E-state index in [9.17, 15) is 4.79 Å². The zero-order valence-electron chi connectivity index (χ0n) is 10.2. The first-order valence-corrected chi connectivity index (χ1v) is 6.12. The predicted molar refractivity (Wildman–Crippen MR) is 62.7 cm³/mol. The van der Waals surface area contributed by atoms with Gasteiger partial charge in [-0.2, -0.15) is 0 Å². The summed E-state index contributed by atoms with van der Waals surface area (Å²) in [5.74, 6) is 0.520. The van der Waals surface area contributed by atoms with Gasteiger partial charge in [0.05, 0.1) is 0 Å². The summed E-state index contributed by atoms with van der Waals surface area (Å²) in [5.41, 5.74) is 0.293. The first-order valence-electron chi connectivity index (χ1n) is 6.12. The molecule has 88 valence electrons. The van der Waals surface area contributed by atoms with Gasteiger partial charge in [-0.15, -0.1) is 0 Å². The maximum absolute atomic E-state index is 11.7. The van der Waals surface area contributed by atoms with Crippen LogP contribution in [0.25, 0.3) is 0 Å². The van der Waals surface area contributed by atoms with Crippen LogP contribution in [0.4, 0.5) is 0 Å². The Morgan fingerprint density at radius 2 is 2.07 bits per heavy atom. The zero-order valence-corrected chi connectivity index (χ0v) is 10.2. The van der Waals surface area contributed by atoms with Crippen molar-refractivity contribution in [1.82, 2.24) is 10.6 Å². The van der Waals surface area contributed by atoms with Crippen LogP contribution in [0.3, 0.4) is 0 Å². The van der Waals surface area contributed by atoms with Crippen LogP contribution in [0.15, 0.2) is 0 Å². The second-order valence-electron chi connectivity index (χ2n) is 4.81. The molecule has 0 saturated heterocycles. The van der Waals surface area contributed by atoms with Crippen LogP contribution in [0.2, 0.25) is 0 Å². The number of nitrogens with one attached hydrogen (secondary N) is 2. The van der Waals surface area contributed by atoms with Gasteiger partial charge in [-0.25, -0.2) is 0 Å². The maximum atomic E-state index is 11.7. The average molecular weight is 212 g/mol. The number of carbonyl (C=O) groups excluding carboxylic acids is 1. The molecule has 1 saturated carbocycles. The van der Waals surface area contributed by atoms with Crippen LogP contribution >= 0.6 is 0 Å². The zero-order chi connectivity index (χ0) is 11.3. The van der Waals surface area contributed by atoms with Crippen molar-refractivity contribution in [3.8, 4) is 0 Å². The lowest BCUT2D eigenvalue weighted by Crippen LogP contribution is -2.33. The second kappa shape index (κ2) is 5.50. The number of carbonyl (C=O) groups is 1. The molecular weight excluding hydrogens is 188 g/mol. The summed E-state index contributed by atoms with van der Waals surface area (Å²) in [6.07, 6.45) is 3.32. The van der Waals surface area contributed by atoms with Crippen molar-refractivity contribution in [3.63, 3.8) is 0 Å². The smallest absolute Gasteiger partial charge is 0.223 e. The van der Waals surface area contributed by atoms with Crippen LogP contribution in [0.1, 0.15) is 40.0 Å². The topological polar surface area (TPSA) is 41.1 Å². The molecule has 0 aromatic carbocycles. The Bertz CT molecular complexity index is 218. The van der Waals surface area contributed by atoms with Crippen LogP contribution in [0.5, 0.6) is 0 Å². The summed E-state index contributed by atoms with van der Waals surface area (Å²) in [4.78, 5) is 11.7. The molecule has 2 atom stereocenters. The lowest BCUT2D eigenvalue weighted by molar-refractivity contribution is -0.123. The van der Waals surface area contributed by atoms with Gasteiger partial charge in [-0.1, -0.05) is 20.8 Å². The summed E-state index contributed by atoms with van der Waals surface area (Å²) in [7, 11) is 0. The van der Waals surface area contributed by atoms with Gasteiger partial charge in [0, 0.05) is 19.0 Å². The molecule has 1 aliphatic carbocycles. The van der Waals surface area contributed by atoms with Gasteiger partial charge in [-0.05, 0) is 31.2 Å². The largest absolute Gasteiger partial charge is 0.355 e. The average Bonchev–Trinajstić information content (AvgIpc) is 2.91. The van der Waals surface area contributed by atoms with Crippen LogP contribution in [-0.4, -0.2) is 25.5 Å².